The highest BCUT2D eigenvalue weighted by molar-refractivity contribution is 7.91. The van der Waals surface area contributed by atoms with Crippen molar-refractivity contribution < 1.29 is 17.6 Å². The second-order valence-corrected chi connectivity index (χ2v) is 9.19. The van der Waals surface area contributed by atoms with Crippen molar-refractivity contribution in [2.24, 2.45) is 0 Å². The molecule has 2 aromatic heterocycles. The molecular weight excluding hydrogens is 401 g/mol. The van der Waals surface area contributed by atoms with E-state index < -0.39 is 21.3 Å². The Morgan fingerprint density at radius 2 is 2.03 bits per heavy atom. The Bertz CT molecular complexity index is 1230. The fourth-order valence-corrected chi connectivity index (χ4v) is 5.02. The number of carbonyl (C=O) groups is 1. The lowest BCUT2D eigenvalue weighted by Crippen LogP contribution is -2.32. The maximum Gasteiger partial charge on any atom is 0.264 e. The topological polar surface area (TPSA) is 116 Å². The molecule has 0 aliphatic carbocycles. The van der Waals surface area contributed by atoms with Crippen molar-refractivity contribution in [2.45, 2.75) is 25.6 Å². The number of nitrogens with zero attached hydrogens (tertiary/aromatic N) is 4. The molecule has 1 aliphatic rings. The number of rotatable bonds is 5. The van der Waals surface area contributed by atoms with E-state index in [1.54, 1.807) is 12.1 Å². The monoisotopic (exact) mass is 419 g/mol. The molecule has 11 heteroatoms. The number of aromatic nitrogens is 4. The Balaban J connectivity index is 1.48. The van der Waals surface area contributed by atoms with Gasteiger partial charge < -0.3 is 5.32 Å². The number of hydrogen-bond acceptors (Lipinski definition) is 6. The van der Waals surface area contributed by atoms with E-state index in [4.69, 9.17) is 0 Å². The molecule has 1 aliphatic heterocycles. The summed E-state index contributed by atoms with van der Waals surface area (Å²) in [7, 11) is -3.10. The number of benzene rings is 1. The predicted molar refractivity (Wildman–Crippen MR) is 102 cm³/mol. The van der Waals surface area contributed by atoms with Crippen LogP contribution in [0.15, 0.2) is 41.6 Å². The van der Waals surface area contributed by atoms with E-state index in [9.17, 15) is 22.4 Å². The van der Waals surface area contributed by atoms with Crippen molar-refractivity contribution in [3.63, 3.8) is 0 Å². The third kappa shape index (κ3) is 4.04. The van der Waals surface area contributed by atoms with Gasteiger partial charge in [-0.25, -0.2) is 22.5 Å². The highest BCUT2D eigenvalue weighted by Crippen LogP contribution is 2.25. The smallest absolute Gasteiger partial charge is 0.264 e. The number of carbonyl (C=O) groups excluding carboxylic acids is 1. The number of fused-ring (bicyclic) bond motifs is 1. The number of halogens is 1. The molecule has 1 N–H and O–H groups in total. The van der Waals surface area contributed by atoms with Gasteiger partial charge in [-0.05, 0) is 24.1 Å². The first kappa shape index (κ1) is 19.2. The van der Waals surface area contributed by atoms with Crippen molar-refractivity contribution in [1.29, 1.82) is 0 Å². The van der Waals surface area contributed by atoms with Crippen LogP contribution in [0.3, 0.4) is 0 Å². The second-order valence-electron chi connectivity index (χ2n) is 6.96. The van der Waals surface area contributed by atoms with Crippen LogP contribution < -0.4 is 10.9 Å². The Morgan fingerprint density at radius 3 is 2.72 bits per heavy atom. The van der Waals surface area contributed by atoms with Gasteiger partial charge in [-0.3, -0.25) is 14.2 Å². The molecule has 1 amide bonds. The average molecular weight is 419 g/mol. The molecule has 29 heavy (non-hydrogen) atoms. The lowest BCUT2D eigenvalue weighted by molar-refractivity contribution is -0.121. The third-order valence-electron chi connectivity index (χ3n) is 4.85. The van der Waals surface area contributed by atoms with E-state index in [1.165, 1.54) is 33.9 Å². The van der Waals surface area contributed by atoms with Crippen molar-refractivity contribution >= 4 is 26.8 Å². The molecule has 3 heterocycles. The average Bonchev–Trinajstić information content (AvgIpc) is 3.27. The van der Waals surface area contributed by atoms with Crippen LogP contribution in [0, 0.1) is 5.82 Å². The lowest BCUT2D eigenvalue weighted by atomic mass is 10.2. The Morgan fingerprint density at radius 1 is 1.28 bits per heavy atom. The van der Waals surface area contributed by atoms with Gasteiger partial charge in [0, 0.05) is 6.54 Å². The van der Waals surface area contributed by atoms with Crippen LogP contribution in [0.5, 0.6) is 0 Å². The summed E-state index contributed by atoms with van der Waals surface area (Å²) in [5.41, 5.74) is 0.604. The quantitative estimate of drug-likeness (QED) is 0.640. The first-order valence-electron chi connectivity index (χ1n) is 8.96. The molecule has 9 nitrogen and oxygen atoms in total. The zero-order valence-corrected chi connectivity index (χ0v) is 16.1. The second kappa shape index (κ2) is 7.39. The maximum atomic E-state index is 12.9. The first-order valence-corrected chi connectivity index (χ1v) is 10.8. The van der Waals surface area contributed by atoms with Crippen LogP contribution in [0.1, 0.15) is 18.0 Å². The van der Waals surface area contributed by atoms with Crippen LogP contribution in [0.25, 0.3) is 11.0 Å². The normalized spacial score (nSPS) is 18.2. The molecular formula is C18H18FN5O4S. The molecule has 4 rings (SSSR count). The highest BCUT2D eigenvalue weighted by atomic mass is 32.2. The molecule has 0 spiro atoms. The highest BCUT2D eigenvalue weighted by Gasteiger charge is 2.31. The molecule has 1 fully saturated rings. The minimum absolute atomic E-state index is 0.0274. The van der Waals surface area contributed by atoms with Crippen LogP contribution in [-0.4, -0.2) is 45.2 Å². The fraction of sp³-hybridized carbons (Fsp3) is 0.333. The minimum Gasteiger partial charge on any atom is -0.350 e. The first-order chi connectivity index (χ1) is 13.8. The van der Waals surface area contributed by atoms with Gasteiger partial charge in [-0.1, -0.05) is 12.1 Å². The molecule has 0 bridgehead atoms. The summed E-state index contributed by atoms with van der Waals surface area (Å²) < 4.78 is 39.0. The Labute approximate surface area is 165 Å². The summed E-state index contributed by atoms with van der Waals surface area (Å²) >= 11 is 0. The number of nitrogens with one attached hydrogen (secondary N) is 1. The summed E-state index contributed by atoms with van der Waals surface area (Å²) in [4.78, 5) is 29.0. The summed E-state index contributed by atoms with van der Waals surface area (Å²) in [6, 6.07) is 5.38. The van der Waals surface area contributed by atoms with Crippen molar-refractivity contribution in [3.05, 3.63) is 58.5 Å². The van der Waals surface area contributed by atoms with Crippen LogP contribution in [-0.2, 0) is 27.7 Å². The number of sulfone groups is 1. The van der Waals surface area contributed by atoms with Gasteiger partial charge in [-0.2, -0.15) is 5.10 Å². The van der Waals surface area contributed by atoms with Gasteiger partial charge in [0.05, 0.1) is 23.7 Å². The van der Waals surface area contributed by atoms with E-state index in [0.29, 0.717) is 12.1 Å². The summed E-state index contributed by atoms with van der Waals surface area (Å²) in [6.45, 7) is -0.0242. The Hall–Kier alpha value is -3.08. The number of hydrogen-bond donors (Lipinski definition) is 1. The van der Waals surface area contributed by atoms with Gasteiger partial charge in [0.1, 0.15) is 24.1 Å². The van der Waals surface area contributed by atoms with Gasteiger partial charge in [0.25, 0.3) is 5.56 Å². The molecule has 152 valence electrons. The fourth-order valence-electron chi connectivity index (χ4n) is 3.33. The molecule has 0 unspecified atom stereocenters. The van der Waals surface area contributed by atoms with Gasteiger partial charge in [0.2, 0.25) is 5.91 Å². The van der Waals surface area contributed by atoms with Crippen LogP contribution in [0.4, 0.5) is 4.39 Å². The third-order valence-corrected chi connectivity index (χ3v) is 6.60. The van der Waals surface area contributed by atoms with E-state index >= 15 is 0 Å². The SMILES string of the molecule is O=C(Cn1cnc2c(cnn2[C@@H]2CCS(=O)(=O)C2)c1=O)NCc1ccc(F)cc1. The number of amides is 1. The van der Waals surface area contributed by atoms with Gasteiger partial charge in [0.15, 0.2) is 15.5 Å². The molecule has 0 saturated carbocycles. The molecule has 3 aromatic rings. The van der Waals surface area contributed by atoms with Crippen molar-refractivity contribution in [2.75, 3.05) is 11.5 Å². The summed E-state index contributed by atoms with van der Waals surface area (Å²) in [5.74, 6) is -0.696. The Kier molecular flexibility index (Phi) is 4.91. The largest absolute Gasteiger partial charge is 0.350 e. The summed E-state index contributed by atoms with van der Waals surface area (Å²) in [6.07, 6.45) is 3.03. The predicted octanol–water partition coefficient (Wildman–Crippen LogP) is 0.408. The zero-order valence-electron chi connectivity index (χ0n) is 15.3. The van der Waals surface area contributed by atoms with Crippen LogP contribution in [0.2, 0.25) is 0 Å². The van der Waals surface area contributed by atoms with E-state index in [0.717, 1.165) is 5.56 Å². The van der Waals surface area contributed by atoms with Crippen molar-refractivity contribution in [3.8, 4) is 0 Å². The van der Waals surface area contributed by atoms with Gasteiger partial charge >= 0.3 is 0 Å². The molecule has 1 saturated heterocycles. The standard InChI is InChI=1S/C18H18FN5O4S/c19-13-3-1-12(2-4-13)7-20-16(25)9-23-11-21-17-15(18(23)26)8-22-24(17)14-5-6-29(27,28)10-14/h1-4,8,11,14H,5-7,9-10H2,(H,20,25)/t14-/m1/s1. The minimum atomic E-state index is -3.10. The van der Waals surface area contributed by atoms with E-state index in [1.807, 2.05) is 0 Å². The van der Waals surface area contributed by atoms with Crippen LogP contribution >= 0.6 is 0 Å². The maximum absolute atomic E-state index is 12.9. The molecule has 1 aromatic carbocycles. The molecule has 1 atom stereocenters. The van der Waals surface area contributed by atoms with E-state index in [2.05, 4.69) is 15.4 Å². The lowest BCUT2D eigenvalue weighted by Gasteiger charge is -2.10. The van der Waals surface area contributed by atoms with Gasteiger partial charge in [-0.15, -0.1) is 0 Å². The summed E-state index contributed by atoms with van der Waals surface area (Å²) in [5, 5.41) is 7.04. The molecule has 0 radical (unpaired) electrons. The van der Waals surface area contributed by atoms with Crippen molar-refractivity contribution in [1.82, 2.24) is 24.6 Å². The zero-order chi connectivity index (χ0) is 20.6. The van der Waals surface area contributed by atoms with E-state index in [-0.39, 0.29) is 41.8 Å².